The van der Waals surface area contributed by atoms with Gasteiger partial charge in [-0.15, -0.1) is 24.8 Å². The number of rotatable bonds is 9. The summed E-state index contributed by atoms with van der Waals surface area (Å²) < 4.78 is 25.1. The standard InChI is InChI=1S/C25H35N3O3S.2ClH/c1-3-28(25(29)24(32(2,30)31)21-12-8-5-9-13-21)22-14-17-27(18-15-22)19-16-23(26)20-10-6-4-7-11-20;;/h4-13,22-24H,3,14-19,26H2,1-2H3;2*1H/t23?,24-;;/m0../s1. The van der Waals surface area contributed by atoms with E-state index in [4.69, 9.17) is 5.73 Å². The second-order valence-electron chi connectivity index (χ2n) is 8.62. The van der Waals surface area contributed by atoms with Gasteiger partial charge in [-0.2, -0.15) is 0 Å². The lowest BCUT2D eigenvalue weighted by Crippen LogP contribution is -2.49. The molecule has 1 heterocycles. The number of benzene rings is 2. The zero-order valence-electron chi connectivity index (χ0n) is 19.9. The van der Waals surface area contributed by atoms with Gasteiger partial charge in [0.25, 0.3) is 0 Å². The Morgan fingerprint density at radius 2 is 1.50 bits per heavy atom. The van der Waals surface area contributed by atoms with E-state index in [-0.39, 0.29) is 42.8 Å². The normalized spacial score (nSPS) is 16.6. The minimum atomic E-state index is -3.58. The molecule has 0 saturated carbocycles. The van der Waals surface area contributed by atoms with Gasteiger partial charge in [0.2, 0.25) is 5.91 Å². The number of likely N-dealkylation sites (tertiary alicyclic amines) is 1. The zero-order chi connectivity index (χ0) is 23.1. The van der Waals surface area contributed by atoms with Gasteiger partial charge in [0, 0.05) is 38.0 Å². The van der Waals surface area contributed by atoms with E-state index in [0.29, 0.717) is 12.1 Å². The van der Waals surface area contributed by atoms with Gasteiger partial charge >= 0.3 is 0 Å². The van der Waals surface area contributed by atoms with E-state index in [9.17, 15) is 13.2 Å². The third-order valence-corrected chi connectivity index (χ3v) is 7.69. The van der Waals surface area contributed by atoms with Crippen LogP contribution in [0.4, 0.5) is 0 Å². The maximum absolute atomic E-state index is 13.4. The Morgan fingerprint density at radius 3 is 1.97 bits per heavy atom. The van der Waals surface area contributed by atoms with Crippen LogP contribution in [0.1, 0.15) is 48.6 Å². The summed E-state index contributed by atoms with van der Waals surface area (Å²) >= 11 is 0. The Labute approximate surface area is 216 Å². The van der Waals surface area contributed by atoms with E-state index in [2.05, 4.69) is 17.0 Å². The van der Waals surface area contributed by atoms with Crippen molar-refractivity contribution in [3.63, 3.8) is 0 Å². The number of hydrogen-bond acceptors (Lipinski definition) is 5. The van der Waals surface area contributed by atoms with Gasteiger partial charge in [-0.1, -0.05) is 60.7 Å². The van der Waals surface area contributed by atoms with E-state index >= 15 is 0 Å². The van der Waals surface area contributed by atoms with Gasteiger partial charge in [-0.3, -0.25) is 4.79 Å². The highest BCUT2D eigenvalue weighted by molar-refractivity contribution is 7.91. The molecule has 0 aromatic heterocycles. The summed E-state index contributed by atoms with van der Waals surface area (Å²) in [7, 11) is -3.58. The molecule has 1 saturated heterocycles. The molecule has 6 nitrogen and oxygen atoms in total. The molecule has 1 aliphatic rings. The number of carbonyl (C=O) groups excluding carboxylic acids is 1. The molecule has 0 bridgehead atoms. The van der Waals surface area contributed by atoms with E-state index in [0.717, 1.165) is 50.7 Å². The van der Waals surface area contributed by atoms with Crippen molar-refractivity contribution >= 4 is 40.6 Å². The highest BCUT2D eigenvalue weighted by atomic mass is 35.5. The zero-order valence-corrected chi connectivity index (χ0v) is 22.3. The molecule has 1 unspecified atom stereocenters. The molecule has 0 spiro atoms. The van der Waals surface area contributed by atoms with Gasteiger partial charge < -0.3 is 15.5 Å². The number of carbonyl (C=O) groups is 1. The topological polar surface area (TPSA) is 83.7 Å². The first-order chi connectivity index (χ1) is 15.3. The van der Waals surface area contributed by atoms with Crippen LogP contribution in [0.3, 0.4) is 0 Å². The largest absolute Gasteiger partial charge is 0.338 e. The van der Waals surface area contributed by atoms with Crippen molar-refractivity contribution < 1.29 is 13.2 Å². The first kappa shape index (κ1) is 30.4. The monoisotopic (exact) mass is 529 g/mol. The predicted octanol–water partition coefficient (Wildman–Crippen LogP) is 4.02. The summed E-state index contributed by atoms with van der Waals surface area (Å²) in [5.41, 5.74) is 8.03. The van der Waals surface area contributed by atoms with E-state index in [1.54, 1.807) is 29.2 Å². The smallest absolute Gasteiger partial charge is 0.245 e. The van der Waals surface area contributed by atoms with E-state index in [1.165, 1.54) is 0 Å². The van der Waals surface area contributed by atoms with Crippen molar-refractivity contribution in [2.75, 3.05) is 32.4 Å². The minimum absolute atomic E-state index is 0. The second kappa shape index (κ2) is 14.0. The van der Waals surface area contributed by atoms with Crippen LogP contribution in [-0.2, 0) is 14.6 Å². The molecule has 1 amide bonds. The molecule has 2 aromatic carbocycles. The van der Waals surface area contributed by atoms with E-state index in [1.807, 2.05) is 31.2 Å². The van der Waals surface area contributed by atoms with Crippen molar-refractivity contribution in [1.82, 2.24) is 9.80 Å². The van der Waals surface area contributed by atoms with Crippen molar-refractivity contribution in [2.24, 2.45) is 5.73 Å². The van der Waals surface area contributed by atoms with Crippen LogP contribution in [-0.4, -0.2) is 62.6 Å². The lowest BCUT2D eigenvalue weighted by atomic mass is 10.00. The predicted molar refractivity (Wildman–Crippen MR) is 143 cm³/mol. The molecule has 1 aliphatic heterocycles. The molecular formula is C25H37Cl2N3O3S. The van der Waals surface area contributed by atoms with Crippen LogP contribution in [0, 0.1) is 0 Å². The summed E-state index contributed by atoms with van der Waals surface area (Å²) in [5, 5.41) is -1.15. The van der Waals surface area contributed by atoms with Crippen LogP contribution < -0.4 is 5.73 Å². The second-order valence-corrected chi connectivity index (χ2v) is 10.8. The Bertz CT molecular complexity index is 969. The maximum Gasteiger partial charge on any atom is 0.245 e. The number of sulfone groups is 1. The molecule has 0 radical (unpaired) electrons. The quantitative estimate of drug-likeness (QED) is 0.530. The Morgan fingerprint density at radius 1 is 1.00 bits per heavy atom. The summed E-state index contributed by atoms with van der Waals surface area (Å²) in [4.78, 5) is 17.6. The number of amides is 1. The highest BCUT2D eigenvalue weighted by Gasteiger charge is 2.37. The first-order valence-corrected chi connectivity index (χ1v) is 13.3. The number of nitrogens with two attached hydrogens (primary N) is 1. The average Bonchev–Trinajstić information content (AvgIpc) is 2.79. The minimum Gasteiger partial charge on any atom is -0.338 e. The van der Waals surface area contributed by atoms with E-state index < -0.39 is 15.1 Å². The van der Waals surface area contributed by atoms with Crippen LogP contribution in [0.15, 0.2) is 60.7 Å². The molecule has 3 rings (SSSR count). The highest BCUT2D eigenvalue weighted by Crippen LogP contribution is 2.27. The van der Waals surface area contributed by atoms with Gasteiger partial charge in [-0.25, -0.2) is 8.42 Å². The molecule has 2 N–H and O–H groups in total. The first-order valence-electron chi connectivity index (χ1n) is 11.4. The van der Waals surface area contributed by atoms with Crippen molar-refractivity contribution in [1.29, 1.82) is 0 Å². The van der Waals surface area contributed by atoms with Gasteiger partial charge in [0.1, 0.15) is 0 Å². The number of hydrogen-bond donors (Lipinski definition) is 1. The Hall–Kier alpha value is -1.64. The summed E-state index contributed by atoms with van der Waals surface area (Å²) in [6, 6.07) is 19.0. The Balaban J connectivity index is 0.00000289. The van der Waals surface area contributed by atoms with Crippen LogP contribution in [0.5, 0.6) is 0 Å². The molecule has 190 valence electrons. The summed E-state index contributed by atoms with van der Waals surface area (Å²) in [6.07, 6.45) is 3.71. The van der Waals surface area contributed by atoms with Gasteiger partial charge in [0.15, 0.2) is 15.1 Å². The van der Waals surface area contributed by atoms with Crippen molar-refractivity contribution in [3.05, 3.63) is 71.8 Å². The Kier molecular flexibility index (Phi) is 12.6. The fourth-order valence-corrected chi connectivity index (χ4v) is 5.74. The molecule has 9 heteroatoms. The number of halogens is 2. The number of piperidine rings is 1. The van der Waals surface area contributed by atoms with Gasteiger partial charge in [-0.05, 0) is 43.9 Å². The number of likely N-dealkylation sites (N-methyl/N-ethyl adjacent to an activating group) is 1. The third-order valence-electron chi connectivity index (χ3n) is 6.36. The molecule has 0 aliphatic carbocycles. The maximum atomic E-state index is 13.4. The summed E-state index contributed by atoms with van der Waals surface area (Å²) in [6.45, 7) is 5.10. The van der Waals surface area contributed by atoms with Crippen molar-refractivity contribution in [2.45, 2.75) is 43.5 Å². The van der Waals surface area contributed by atoms with Gasteiger partial charge in [0.05, 0.1) is 0 Å². The SMILES string of the molecule is CCN(C(=O)[C@H](c1ccccc1)S(C)(=O)=O)C1CCN(CCC(N)c2ccccc2)CC1.Cl.Cl. The molecule has 2 aromatic rings. The molecule has 1 fully saturated rings. The fraction of sp³-hybridized carbons (Fsp3) is 0.480. The van der Waals surface area contributed by atoms with Crippen molar-refractivity contribution in [3.8, 4) is 0 Å². The third kappa shape index (κ3) is 7.95. The van der Waals surface area contributed by atoms with Crippen LogP contribution in [0.25, 0.3) is 0 Å². The molecule has 2 atom stereocenters. The fourth-order valence-electron chi connectivity index (χ4n) is 4.59. The summed E-state index contributed by atoms with van der Waals surface area (Å²) in [5.74, 6) is -0.314. The van der Waals surface area contributed by atoms with Crippen LogP contribution in [0.2, 0.25) is 0 Å². The lowest BCUT2D eigenvalue weighted by Gasteiger charge is -2.39. The average molecular weight is 531 g/mol. The molecule has 34 heavy (non-hydrogen) atoms. The molecular weight excluding hydrogens is 493 g/mol. The lowest BCUT2D eigenvalue weighted by molar-refractivity contribution is -0.134. The number of nitrogens with zero attached hydrogens (tertiary/aromatic N) is 2. The van der Waals surface area contributed by atoms with Crippen LogP contribution >= 0.6 is 24.8 Å².